The molecule has 0 radical (unpaired) electrons. The maximum atomic E-state index is 12.8. The molecule has 2 N–H and O–H groups in total. The fourth-order valence-electron chi connectivity index (χ4n) is 3.49. The lowest BCUT2D eigenvalue weighted by atomic mass is 10.0. The Morgan fingerprint density at radius 2 is 1.97 bits per heavy atom. The third kappa shape index (κ3) is 4.97. The summed E-state index contributed by atoms with van der Waals surface area (Å²) in [5.41, 5.74) is 4.51. The molecule has 8 nitrogen and oxygen atoms in total. The summed E-state index contributed by atoms with van der Waals surface area (Å²) >= 11 is 1.17. The van der Waals surface area contributed by atoms with Gasteiger partial charge in [-0.3, -0.25) is 14.6 Å². The van der Waals surface area contributed by atoms with Gasteiger partial charge in [0.05, 0.1) is 16.8 Å². The van der Waals surface area contributed by atoms with E-state index in [4.69, 9.17) is 0 Å². The topological polar surface area (TPSA) is 118 Å². The van der Waals surface area contributed by atoms with E-state index in [-0.39, 0.29) is 23.5 Å². The van der Waals surface area contributed by atoms with Crippen LogP contribution in [0, 0.1) is 13.8 Å². The normalized spacial score (nSPS) is 14.8. The molecule has 2 aromatic heterocycles. The maximum Gasteiger partial charge on any atom is 0.245 e. The first-order valence-corrected chi connectivity index (χ1v) is 13.0. The quantitative estimate of drug-likeness (QED) is 0.545. The van der Waals surface area contributed by atoms with Crippen molar-refractivity contribution in [2.75, 3.05) is 12.8 Å². The molecule has 1 atom stereocenters. The van der Waals surface area contributed by atoms with E-state index in [0.29, 0.717) is 5.52 Å². The van der Waals surface area contributed by atoms with Gasteiger partial charge in [0.2, 0.25) is 11.8 Å². The standard InChI is InChI=1S/C22H24N4O4S2/c1-12-8-17-18(10-16(12)14-6-7-23-13(2)9-14)31-22(26-17)20(32(3,29)30)21(28)24-11-19(27)25-15-4-5-15/h6-10,15,20H,4-5,11H2,1-3H3,(H,24,28)(H,25,27). The second-order valence-electron chi connectivity index (χ2n) is 8.14. The summed E-state index contributed by atoms with van der Waals surface area (Å²) in [5.74, 6) is -1.08. The minimum atomic E-state index is -3.81. The Hall–Kier alpha value is -2.85. The number of sulfone groups is 1. The minimum absolute atomic E-state index is 0.163. The molecule has 1 aliphatic carbocycles. The Bertz CT molecular complexity index is 1310. The average Bonchev–Trinajstić information content (AvgIpc) is 3.42. The molecule has 1 aromatic carbocycles. The number of aryl methyl sites for hydroxylation is 2. The minimum Gasteiger partial charge on any atom is -0.352 e. The van der Waals surface area contributed by atoms with Gasteiger partial charge in [-0.1, -0.05) is 0 Å². The molecule has 2 heterocycles. The van der Waals surface area contributed by atoms with Crippen LogP contribution in [0.25, 0.3) is 21.3 Å². The van der Waals surface area contributed by atoms with Gasteiger partial charge in [0.1, 0.15) is 5.01 Å². The summed E-state index contributed by atoms with van der Waals surface area (Å²) in [4.78, 5) is 33.3. The van der Waals surface area contributed by atoms with Crippen LogP contribution in [0.3, 0.4) is 0 Å². The highest BCUT2D eigenvalue weighted by atomic mass is 32.2. The average molecular weight is 473 g/mol. The van der Waals surface area contributed by atoms with Gasteiger partial charge in [-0.15, -0.1) is 11.3 Å². The van der Waals surface area contributed by atoms with Crippen LogP contribution in [-0.2, 0) is 19.4 Å². The molecule has 4 rings (SSSR count). The lowest BCUT2D eigenvalue weighted by molar-refractivity contribution is -0.126. The monoisotopic (exact) mass is 472 g/mol. The molecule has 168 valence electrons. The molecule has 1 aliphatic rings. The van der Waals surface area contributed by atoms with Crippen molar-refractivity contribution in [2.24, 2.45) is 0 Å². The number of amides is 2. The zero-order chi connectivity index (χ0) is 23.0. The van der Waals surface area contributed by atoms with Gasteiger partial charge in [0.25, 0.3) is 0 Å². The number of carbonyl (C=O) groups excluding carboxylic acids is 2. The van der Waals surface area contributed by atoms with Crippen LogP contribution in [-0.4, -0.2) is 49.0 Å². The number of hydrogen-bond acceptors (Lipinski definition) is 7. The van der Waals surface area contributed by atoms with Crippen LogP contribution >= 0.6 is 11.3 Å². The van der Waals surface area contributed by atoms with Gasteiger partial charge in [0.15, 0.2) is 15.1 Å². The molecule has 10 heteroatoms. The third-order valence-corrected chi connectivity index (χ3v) is 7.74. The van der Waals surface area contributed by atoms with E-state index in [9.17, 15) is 18.0 Å². The predicted molar refractivity (Wildman–Crippen MR) is 124 cm³/mol. The number of nitrogens with zero attached hydrogens (tertiary/aromatic N) is 2. The van der Waals surface area contributed by atoms with Crippen molar-refractivity contribution in [1.29, 1.82) is 0 Å². The molecule has 0 aliphatic heterocycles. The zero-order valence-corrected chi connectivity index (χ0v) is 19.6. The molecule has 0 bridgehead atoms. The molecule has 0 spiro atoms. The largest absolute Gasteiger partial charge is 0.352 e. The van der Waals surface area contributed by atoms with Crippen LogP contribution in [0.2, 0.25) is 0 Å². The Kier molecular flexibility index (Phi) is 6.00. The van der Waals surface area contributed by atoms with Gasteiger partial charge in [0, 0.05) is 24.2 Å². The van der Waals surface area contributed by atoms with Gasteiger partial charge in [-0.2, -0.15) is 0 Å². The molecule has 2 amide bonds. The molecular formula is C22H24N4O4S2. The fourth-order valence-corrected chi connectivity index (χ4v) is 6.02. The third-order valence-electron chi connectivity index (χ3n) is 5.21. The van der Waals surface area contributed by atoms with E-state index in [1.54, 1.807) is 6.20 Å². The summed E-state index contributed by atoms with van der Waals surface area (Å²) in [7, 11) is -3.81. The highest BCUT2D eigenvalue weighted by molar-refractivity contribution is 7.91. The highest BCUT2D eigenvalue weighted by Gasteiger charge is 2.34. The Balaban J connectivity index is 1.64. The van der Waals surface area contributed by atoms with Crippen LogP contribution in [0.4, 0.5) is 0 Å². The zero-order valence-electron chi connectivity index (χ0n) is 18.0. The van der Waals surface area contributed by atoms with Gasteiger partial charge < -0.3 is 10.6 Å². The van der Waals surface area contributed by atoms with Crippen LogP contribution in [0.1, 0.15) is 34.4 Å². The number of thiazole rings is 1. The number of benzene rings is 1. The van der Waals surface area contributed by atoms with Crippen molar-refractivity contribution in [2.45, 2.75) is 38.0 Å². The van der Waals surface area contributed by atoms with Crippen molar-refractivity contribution in [3.8, 4) is 11.1 Å². The molecule has 1 fully saturated rings. The molecule has 32 heavy (non-hydrogen) atoms. The number of rotatable bonds is 7. The Morgan fingerprint density at radius 3 is 2.62 bits per heavy atom. The number of aromatic nitrogens is 2. The number of nitrogens with one attached hydrogen (secondary N) is 2. The summed E-state index contributed by atoms with van der Waals surface area (Å²) in [6.45, 7) is 3.61. The van der Waals surface area contributed by atoms with Gasteiger partial charge >= 0.3 is 0 Å². The summed E-state index contributed by atoms with van der Waals surface area (Å²) in [6, 6.07) is 7.91. The molecular weight excluding hydrogens is 448 g/mol. The Morgan fingerprint density at radius 1 is 1.22 bits per heavy atom. The number of pyridine rings is 1. The fraction of sp³-hybridized carbons (Fsp3) is 0.364. The number of carbonyl (C=O) groups is 2. The van der Waals surface area contributed by atoms with E-state index < -0.39 is 21.0 Å². The second kappa shape index (κ2) is 8.59. The maximum absolute atomic E-state index is 12.8. The molecule has 0 saturated heterocycles. The lowest BCUT2D eigenvalue weighted by Crippen LogP contribution is -2.41. The predicted octanol–water partition coefficient (Wildman–Crippen LogP) is 2.46. The van der Waals surface area contributed by atoms with Crippen LogP contribution in [0.15, 0.2) is 30.5 Å². The van der Waals surface area contributed by atoms with Crippen molar-refractivity contribution in [3.05, 3.63) is 46.7 Å². The van der Waals surface area contributed by atoms with E-state index in [0.717, 1.165) is 46.2 Å². The first kappa shape index (κ1) is 22.3. The van der Waals surface area contributed by atoms with E-state index in [2.05, 4.69) is 20.6 Å². The van der Waals surface area contributed by atoms with Crippen molar-refractivity contribution in [3.63, 3.8) is 0 Å². The van der Waals surface area contributed by atoms with Crippen molar-refractivity contribution in [1.82, 2.24) is 20.6 Å². The van der Waals surface area contributed by atoms with E-state index in [1.807, 2.05) is 38.1 Å². The van der Waals surface area contributed by atoms with Gasteiger partial charge in [-0.05, 0) is 67.6 Å². The van der Waals surface area contributed by atoms with Crippen LogP contribution < -0.4 is 10.6 Å². The van der Waals surface area contributed by atoms with Crippen LogP contribution in [0.5, 0.6) is 0 Å². The first-order valence-electron chi connectivity index (χ1n) is 10.2. The van der Waals surface area contributed by atoms with E-state index in [1.165, 1.54) is 11.3 Å². The molecule has 1 saturated carbocycles. The SMILES string of the molecule is Cc1cc(-c2cc3sc(C(C(=O)NCC(=O)NC4CC4)S(C)(=O)=O)nc3cc2C)ccn1. The van der Waals surface area contributed by atoms with Crippen molar-refractivity contribution >= 4 is 43.2 Å². The van der Waals surface area contributed by atoms with E-state index >= 15 is 0 Å². The highest BCUT2D eigenvalue weighted by Crippen LogP contribution is 2.35. The Labute approximate surface area is 190 Å². The second-order valence-corrected chi connectivity index (χ2v) is 11.3. The summed E-state index contributed by atoms with van der Waals surface area (Å²) in [5, 5.41) is 3.92. The van der Waals surface area contributed by atoms with Gasteiger partial charge in [-0.25, -0.2) is 13.4 Å². The summed E-state index contributed by atoms with van der Waals surface area (Å²) < 4.78 is 25.7. The summed E-state index contributed by atoms with van der Waals surface area (Å²) in [6.07, 6.45) is 4.61. The van der Waals surface area contributed by atoms with Crippen molar-refractivity contribution < 1.29 is 18.0 Å². The number of hydrogen-bond donors (Lipinski definition) is 2. The molecule has 3 aromatic rings. The molecule has 1 unspecified atom stereocenters. The lowest BCUT2D eigenvalue weighted by Gasteiger charge is -2.12. The first-order chi connectivity index (χ1) is 15.1. The number of fused-ring (bicyclic) bond motifs is 1. The smallest absolute Gasteiger partial charge is 0.245 e.